The summed E-state index contributed by atoms with van der Waals surface area (Å²) in [7, 11) is 1.59. The molecule has 0 saturated carbocycles. The first-order chi connectivity index (χ1) is 12.1. The van der Waals surface area contributed by atoms with Gasteiger partial charge in [0.1, 0.15) is 0 Å². The van der Waals surface area contributed by atoms with E-state index < -0.39 is 0 Å². The molecular weight excluding hydrogens is 334 g/mol. The molecule has 3 heterocycles. The number of nitrogens with zero attached hydrogens (tertiary/aromatic N) is 3. The Hall–Kier alpha value is -2.47. The average molecular weight is 353 g/mol. The second kappa shape index (κ2) is 6.11. The monoisotopic (exact) mass is 353 g/mol. The summed E-state index contributed by atoms with van der Waals surface area (Å²) in [6.07, 6.45) is 1.73. The molecule has 6 heteroatoms. The Balaban J connectivity index is 1.83. The van der Waals surface area contributed by atoms with E-state index in [1.807, 2.05) is 17.0 Å². The van der Waals surface area contributed by atoms with Gasteiger partial charge in [-0.2, -0.15) is 5.10 Å². The number of hydrogen-bond donors (Lipinski definition) is 0. The third kappa shape index (κ3) is 2.48. The van der Waals surface area contributed by atoms with E-state index in [9.17, 15) is 9.59 Å². The highest BCUT2D eigenvalue weighted by atomic mass is 32.1. The summed E-state index contributed by atoms with van der Waals surface area (Å²) in [5.41, 5.74) is 1.43. The molecule has 0 radical (unpaired) electrons. The van der Waals surface area contributed by atoms with Gasteiger partial charge >= 0.3 is 0 Å². The molecule has 2 aromatic heterocycles. The zero-order valence-corrected chi connectivity index (χ0v) is 15.0. The van der Waals surface area contributed by atoms with Crippen molar-refractivity contribution in [1.82, 2.24) is 14.7 Å². The number of aromatic nitrogens is 2. The van der Waals surface area contributed by atoms with Crippen LogP contribution in [0.2, 0.25) is 0 Å². The van der Waals surface area contributed by atoms with Crippen molar-refractivity contribution in [1.29, 1.82) is 0 Å². The van der Waals surface area contributed by atoms with Gasteiger partial charge in [-0.1, -0.05) is 25.1 Å². The van der Waals surface area contributed by atoms with E-state index in [1.165, 1.54) is 15.1 Å². The Labute approximate surface area is 149 Å². The van der Waals surface area contributed by atoms with Gasteiger partial charge < -0.3 is 4.90 Å². The molecule has 0 fully saturated rings. The van der Waals surface area contributed by atoms with Gasteiger partial charge in [0.15, 0.2) is 5.69 Å². The highest BCUT2D eigenvalue weighted by molar-refractivity contribution is 7.10. The minimum atomic E-state index is -0.182. The first kappa shape index (κ1) is 16.0. The topological polar surface area (TPSA) is 55.2 Å². The lowest BCUT2D eigenvalue weighted by Gasteiger charge is -2.35. The van der Waals surface area contributed by atoms with Crippen molar-refractivity contribution in [3.8, 4) is 0 Å². The van der Waals surface area contributed by atoms with Crippen molar-refractivity contribution in [2.45, 2.75) is 25.8 Å². The number of aryl methyl sites for hydroxylation is 1. The van der Waals surface area contributed by atoms with E-state index >= 15 is 0 Å². The predicted octanol–water partition coefficient (Wildman–Crippen LogP) is 3.14. The van der Waals surface area contributed by atoms with Crippen LogP contribution in [0, 0.1) is 0 Å². The molecule has 0 unspecified atom stereocenters. The molecule has 0 N–H and O–H groups in total. The van der Waals surface area contributed by atoms with Crippen molar-refractivity contribution < 1.29 is 4.79 Å². The number of hydrogen-bond acceptors (Lipinski definition) is 4. The molecule has 25 heavy (non-hydrogen) atoms. The van der Waals surface area contributed by atoms with E-state index in [2.05, 4.69) is 23.5 Å². The third-order valence-corrected chi connectivity index (χ3v) is 5.90. The largest absolute Gasteiger partial charge is 0.330 e. The first-order valence-electron chi connectivity index (χ1n) is 8.45. The lowest BCUT2D eigenvalue weighted by atomic mass is 9.97. The van der Waals surface area contributed by atoms with Gasteiger partial charge in [-0.3, -0.25) is 9.59 Å². The summed E-state index contributed by atoms with van der Waals surface area (Å²) < 4.78 is 1.26. The second-order valence-electron chi connectivity index (χ2n) is 6.29. The number of thiophene rings is 1. The van der Waals surface area contributed by atoms with Crippen molar-refractivity contribution in [2.75, 3.05) is 6.54 Å². The molecular formula is C19H19N3O2S. The summed E-state index contributed by atoms with van der Waals surface area (Å²) in [5.74, 6) is -0.101. The van der Waals surface area contributed by atoms with Crippen molar-refractivity contribution in [3.63, 3.8) is 0 Å². The van der Waals surface area contributed by atoms with E-state index in [-0.39, 0.29) is 17.5 Å². The van der Waals surface area contributed by atoms with Gasteiger partial charge in [0, 0.05) is 23.9 Å². The Morgan fingerprint density at radius 1 is 1.28 bits per heavy atom. The molecule has 128 valence electrons. The number of carbonyl (C=O) groups is 1. The number of carbonyl (C=O) groups excluding carboxylic acids is 1. The fourth-order valence-electron chi connectivity index (χ4n) is 3.67. The highest BCUT2D eigenvalue weighted by Crippen LogP contribution is 2.36. The zero-order valence-electron chi connectivity index (χ0n) is 14.2. The maximum Gasteiger partial charge on any atom is 0.275 e. The smallest absolute Gasteiger partial charge is 0.275 e. The van der Waals surface area contributed by atoms with Crippen LogP contribution in [0.25, 0.3) is 10.8 Å². The summed E-state index contributed by atoms with van der Waals surface area (Å²) in [6, 6.07) is 9.40. The van der Waals surface area contributed by atoms with Crippen molar-refractivity contribution >= 4 is 28.0 Å². The average Bonchev–Trinajstić information content (AvgIpc) is 3.12. The maximum atomic E-state index is 13.3. The number of rotatable bonds is 2. The molecule has 0 saturated heterocycles. The molecule has 1 amide bonds. The lowest BCUT2D eigenvalue weighted by molar-refractivity contribution is 0.0651. The fourth-order valence-corrected chi connectivity index (χ4v) is 4.60. The van der Waals surface area contributed by atoms with E-state index in [1.54, 1.807) is 30.5 Å². The first-order valence-corrected chi connectivity index (χ1v) is 9.33. The molecule has 5 nitrogen and oxygen atoms in total. The van der Waals surface area contributed by atoms with Gasteiger partial charge in [0.05, 0.1) is 11.4 Å². The van der Waals surface area contributed by atoms with Gasteiger partial charge in [-0.15, -0.1) is 11.3 Å². The quantitative estimate of drug-likeness (QED) is 0.711. The van der Waals surface area contributed by atoms with Crippen LogP contribution in [0.3, 0.4) is 0 Å². The molecule has 4 rings (SSSR count). The molecule has 1 atom stereocenters. The Kier molecular flexibility index (Phi) is 3.92. The molecule has 1 aromatic carbocycles. The van der Waals surface area contributed by atoms with Crippen LogP contribution >= 0.6 is 11.3 Å². The van der Waals surface area contributed by atoms with Crippen molar-refractivity contribution in [2.24, 2.45) is 7.05 Å². The SMILES string of the molecule is CC[C@@H]1c2ccsc2CCN1C(=O)c1nn(C)c(=O)c2ccccc12. The van der Waals surface area contributed by atoms with E-state index in [4.69, 9.17) is 0 Å². The maximum absolute atomic E-state index is 13.3. The second-order valence-corrected chi connectivity index (χ2v) is 7.30. The number of amides is 1. The minimum Gasteiger partial charge on any atom is -0.330 e. The fraction of sp³-hybridized carbons (Fsp3) is 0.316. The third-order valence-electron chi connectivity index (χ3n) is 4.90. The van der Waals surface area contributed by atoms with Crippen molar-refractivity contribution in [3.05, 3.63) is 62.2 Å². The molecule has 0 spiro atoms. The molecule has 1 aliphatic heterocycles. The van der Waals surface area contributed by atoms with Crippen LogP contribution in [0.1, 0.15) is 40.3 Å². The summed E-state index contributed by atoms with van der Waals surface area (Å²) >= 11 is 1.76. The summed E-state index contributed by atoms with van der Waals surface area (Å²) in [5, 5.41) is 7.56. The van der Waals surface area contributed by atoms with Crippen LogP contribution in [0.5, 0.6) is 0 Å². The van der Waals surface area contributed by atoms with Crippen LogP contribution in [-0.2, 0) is 13.5 Å². The molecule has 3 aromatic rings. The predicted molar refractivity (Wildman–Crippen MR) is 99.1 cm³/mol. The summed E-state index contributed by atoms with van der Waals surface area (Å²) in [6.45, 7) is 2.79. The van der Waals surface area contributed by atoms with Crippen LogP contribution in [-0.4, -0.2) is 27.1 Å². The highest BCUT2D eigenvalue weighted by Gasteiger charge is 2.32. The standard InChI is InChI=1S/C19H19N3O2S/c1-3-15-14-9-11-25-16(14)8-10-22(15)19(24)17-12-6-4-5-7-13(12)18(23)21(2)20-17/h4-7,9,11,15H,3,8,10H2,1-2H3/t15-/m1/s1. The molecule has 0 bridgehead atoms. The normalized spacial score (nSPS) is 16.9. The lowest BCUT2D eigenvalue weighted by Crippen LogP contribution is -2.40. The van der Waals surface area contributed by atoms with Crippen LogP contribution in [0.4, 0.5) is 0 Å². The Morgan fingerprint density at radius 3 is 2.80 bits per heavy atom. The van der Waals surface area contributed by atoms with Crippen LogP contribution < -0.4 is 5.56 Å². The minimum absolute atomic E-state index is 0.0697. The summed E-state index contributed by atoms with van der Waals surface area (Å²) in [4.78, 5) is 28.9. The zero-order chi connectivity index (χ0) is 17.6. The van der Waals surface area contributed by atoms with Gasteiger partial charge in [0.2, 0.25) is 0 Å². The molecule has 0 aliphatic carbocycles. The van der Waals surface area contributed by atoms with Crippen LogP contribution in [0.15, 0.2) is 40.5 Å². The van der Waals surface area contributed by atoms with Gasteiger partial charge in [-0.05, 0) is 35.9 Å². The number of fused-ring (bicyclic) bond motifs is 2. The Morgan fingerprint density at radius 2 is 2.04 bits per heavy atom. The molecule has 1 aliphatic rings. The van der Waals surface area contributed by atoms with Gasteiger partial charge in [-0.25, -0.2) is 4.68 Å². The van der Waals surface area contributed by atoms with Gasteiger partial charge in [0.25, 0.3) is 11.5 Å². The van der Waals surface area contributed by atoms with E-state index in [0.29, 0.717) is 23.0 Å². The number of benzene rings is 1. The Bertz CT molecular complexity index is 1020. The van der Waals surface area contributed by atoms with E-state index in [0.717, 1.165) is 12.8 Å².